The average Bonchev–Trinajstić information content (AvgIpc) is 2.68. The van der Waals surface area contributed by atoms with Crippen LogP contribution < -0.4 is 5.32 Å². The second-order valence-electron chi connectivity index (χ2n) is 3.90. The van der Waals surface area contributed by atoms with Crippen LogP contribution >= 0.6 is 11.3 Å². The fraction of sp³-hybridized carbons (Fsp3) is 0.800. The molecule has 0 amide bonds. The quantitative estimate of drug-likeness (QED) is 0.833. The van der Waals surface area contributed by atoms with Gasteiger partial charge in [0, 0.05) is 12.5 Å². The Morgan fingerprint density at radius 3 is 2.79 bits per heavy atom. The second-order valence-corrected chi connectivity index (χ2v) is 4.99. The third-order valence-electron chi connectivity index (χ3n) is 2.76. The minimum atomic E-state index is 0.701. The fourth-order valence-corrected chi connectivity index (χ4v) is 3.03. The van der Waals surface area contributed by atoms with E-state index < -0.39 is 0 Å². The van der Waals surface area contributed by atoms with Gasteiger partial charge in [0.25, 0.3) is 0 Å². The van der Waals surface area contributed by atoms with E-state index in [9.17, 15) is 0 Å². The van der Waals surface area contributed by atoms with Gasteiger partial charge in [-0.25, -0.2) is 0 Å². The van der Waals surface area contributed by atoms with Crippen LogP contribution in [0.2, 0.25) is 0 Å². The summed E-state index contributed by atoms with van der Waals surface area (Å²) < 4.78 is 0. The highest BCUT2D eigenvalue weighted by Crippen LogP contribution is 2.33. The van der Waals surface area contributed by atoms with E-state index in [4.69, 9.17) is 0 Å². The molecule has 0 radical (unpaired) electrons. The third-order valence-corrected chi connectivity index (χ3v) is 3.85. The van der Waals surface area contributed by atoms with Crippen molar-refractivity contribution in [3.8, 4) is 0 Å². The van der Waals surface area contributed by atoms with Crippen LogP contribution in [0.5, 0.6) is 0 Å². The Hall–Kier alpha value is -0.480. The summed E-state index contributed by atoms with van der Waals surface area (Å²) in [7, 11) is 1.95. The molecule has 1 aromatic rings. The van der Waals surface area contributed by atoms with Crippen molar-refractivity contribution in [1.82, 2.24) is 15.5 Å². The van der Waals surface area contributed by atoms with Gasteiger partial charge < -0.3 is 5.32 Å². The maximum Gasteiger partial charge on any atom is 0.131 e. The van der Waals surface area contributed by atoms with E-state index in [2.05, 4.69) is 15.5 Å². The van der Waals surface area contributed by atoms with E-state index in [1.54, 1.807) is 11.3 Å². The highest BCUT2D eigenvalue weighted by atomic mass is 32.1. The van der Waals surface area contributed by atoms with Gasteiger partial charge in [0.2, 0.25) is 0 Å². The molecule has 4 heteroatoms. The van der Waals surface area contributed by atoms with Crippen LogP contribution in [-0.2, 0) is 6.54 Å². The lowest BCUT2D eigenvalue weighted by Crippen LogP contribution is -2.04. The smallest absolute Gasteiger partial charge is 0.131 e. The van der Waals surface area contributed by atoms with Crippen molar-refractivity contribution in [1.29, 1.82) is 0 Å². The summed E-state index contributed by atoms with van der Waals surface area (Å²) in [6.45, 7) is 0.852. The van der Waals surface area contributed by atoms with E-state index in [0.717, 1.165) is 11.6 Å². The van der Waals surface area contributed by atoms with Crippen molar-refractivity contribution >= 4 is 11.3 Å². The molecule has 78 valence electrons. The molecule has 0 saturated heterocycles. The van der Waals surface area contributed by atoms with Crippen LogP contribution in [-0.4, -0.2) is 17.2 Å². The Morgan fingerprint density at radius 1 is 1.29 bits per heavy atom. The summed E-state index contributed by atoms with van der Waals surface area (Å²) in [5.74, 6) is 0.701. The molecule has 0 spiro atoms. The number of aromatic nitrogens is 2. The molecule has 1 N–H and O–H groups in total. The molecule has 14 heavy (non-hydrogen) atoms. The topological polar surface area (TPSA) is 37.8 Å². The summed E-state index contributed by atoms with van der Waals surface area (Å²) in [6.07, 6.45) is 6.76. The van der Waals surface area contributed by atoms with Gasteiger partial charge in [0.15, 0.2) is 0 Å². The Bertz CT molecular complexity index is 279. The number of hydrogen-bond donors (Lipinski definition) is 1. The van der Waals surface area contributed by atoms with Crippen LogP contribution in [0.4, 0.5) is 0 Å². The first-order valence-corrected chi connectivity index (χ1v) is 6.18. The van der Waals surface area contributed by atoms with Gasteiger partial charge in [-0.05, 0) is 19.9 Å². The SMILES string of the molecule is CNCc1nnc(C2CCCCC2)s1. The van der Waals surface area contributed by atoms with Crippen molar-refractivity contribution in [2.45, 2.75) is 44.6 Å². The summed E-state index contributed by atoms with van der Waals surface area (Å²) in [5.41, 5.74) is 0. The highest BCUT2D eigenvalue weighted by molar-refractivity contribution is 7.11. The van der Waals surface area contributed by atoms with Crippen molar-refractivity contribution in [3.63, 3.8) is 0 Å². The average molecular weight is 211 g/mol. The van der Waals surface area contributed by atoms with Crippen LogP contribution in [0.3, 0.4) is 0 Å². The molecule has 1 heterocycles. The van der Waals surface area contributed by atoms with E-state index in [1.165, 1.54) is 37.1 Å². The Kier molecular flexibility index (Phi) is 3.48. The van der Waals surface area contributed by atoms with Gasteiger partial charge in [0.1, 0.15) is 10.0 Å². The zero-order chi connectivity index (χ0) is 9.80. The molecule has 0 bridgehead atoms. The molecule has 0 unspecified atom stereocenters. The van der Waals surface area contributed by atoms with Gasteiger partial charge in [-0.15, -0.1) is 10.2 Å². The van der Waals surface area contributed by atoms with E-state index in [1.807, 2.05) is 7.05 Å². The monoisotopic (exact) mass is 211 g/mol. The maximum absolute atomic E-state index is 4.29. The van der Waals surface area contributed by atoms with Crippen LogP contribution in [0.15, 0.2) is 0 Å². The maximum atomic E-state index is 4.29. The standard InChI is InChI=1S/C10H17N3S/c1-11-7-9-12-13-10(14-9)8-5-3-2-4-6-8/h8,11H,2-7H2,1H3. The lowest BCUT2D eigenvalue weighted by atomic mass is 9.90. The molecular formula is C10H17N3S. The summed E-state index contributed by atoms with van der Waals surface area (Å²) >= 11 is 1.78. The molecule has 0 aliphatic heterocycles. The predicted octanol–water partition coefficient (Wildman–Crippen LogP) is 2.31. The number of nitrogens with zero attached hydrogens (tertiary/aromatic N) is 2. The molecule has 1 aromatic heterocycles. The molecule has 3 nitrogen and oxygen atoms in total. The van der Waals surface area contributed by atoms with Gasteiger partial charge in [-0.1, -0.05) is 30.6 Å². The first kappa shape index (κ1) is 10.1. The molecule has 1 aliphatic carbocycles. The van der Waals surface area contributed by atoms with Crippen LogP contribution in [0.25, 0.3) is 0 Å². The van der Waals surface area contributed by atoms with Gasteiger partial charge in [0.05, 0.1) is 0 Å². The van der Waals surface area contributed by atoms with Gasteiger partial charge in [-0.2, -0.15) is 0 Å². The van der Waals surface area contributed by atoms with Crippen molar-refractivity contribution in [3.05, 3.63) is 10.0 Å². The third kappa shape index (κ3) is 2.30. The normalized spacial score (nSPS) is 18.6. The second kappa shape index (κ2) is 4.84. The van der Waals surface area contributed by atoms with Crippen molar-refractivity contribution < 1.29 is 0 Å². The minimum Gasteiger partial charge on any atom is -0.313 e. The largest absolute Gasteiger partial charge is 0.313 e. The highest BCUT2D eigenvalue weighted by Gasteiger charge is 2.19. The molecule has 2 rings (SSSR count). The van der Waals surface area contributed by atoms with Gasteiger partial charge in [-0.3, -0.25) is 0 Å². The number of hydrogen-bond acceptors (Lipinski definition) is 4. The molecule has 1 saturated carbocycles. The lowest BCUT2D eigenvalue weighted by Gasteiger charge is -2.18. The van der Waals surface area contributed by atoms with Crippen LogP contribution in [0, 0.1) is 0 Å². The summed E-state index contributed by atoms with van der Waals surface area (Å²) in [6, 6.07) is 0. The Balaban J connectivity index is 2.00. The van der Waals surface area contributed by atoms with E-state index in [-0.39, 0.29) is 0 Å². The van der Waals surface area contributed by atoms with Crippen LogP contribution in [0.1, 0.15) is 48.0 Å². The fourth-order valence-electron chi connectivity index (χ4n) is 2.00. The first-order chi connectivity index (χ1) is 6.90. The lowest BCUT2D eigenvalue weighted by molar-refractivity contribution is 0.440. The van der Waals surface area contributed by atoms with Crippen molar-refractivity contribution in [2.24, 2.45) is 0 Å². The van der Waals surface area contributed by atoms with Crippen molar-refractivity contribution in [2.75, 3.05) is 7.05 Å². The van der Waals surface area contributed by atoms with E-state index in [0.29, 0.717) is 5.92 Å². The molecule has 0 atom stereocenters. The molecule has 1 fully saturated rings. The minimum absolute atomic E-state index is 0.701. The molecule has 1 aliphatic rings. The molecular weight excluding hydrogens is 194 g/mol. The Labute approximate surface area is 88.9 Å². The predicted molar refractivity (Wildman–Crippen MR) is 58.5 cm³/mol. The Morgan fingerprint density at radius 2 is 2.07 bits per heavy atom. The summed E-state index contributed by atoms with van der Waals surface area (Å²) in [4.78, 5) is 0. The zero-order valence-electron chi connectivity index (χ0n) is 8.62. The van der Waals surface area contributed by atoms with E-state index >= 15 is 0 Å². The zero-order valence-corrected chi connectivity index (χ0v) is 9.44. The number of nitrogens with one attached hydrogen (secondary N) is 1. The first-order valence-electron chi connectivity index (χ1n) is 5.37. The number of rotatable bonds is 3. The summed E-state index contributed by atoms with van der Waals surface area (Å²) in [5, 5.41) is 14.0. The van der Waals surface area contributed by atoms with Gasteiger partial charge >= 0.3 is 0 Å². The molecule has 0 aromatic carbocycles.